The number of anilines is 1. The molecule has 2 amide bonds. The number of benzene rings is 3. The predicted molar refractivity (Wildman–Crippen MR) is 161 cm³/mol. The van der Waals surface area contributed by atoms with Crippen LogP contribution in [0.4, 0.5) is 11.4 Å². The van der Waals surface area contributed by atoms with Crippen LogP contribution >= 0.6 is 11.6 Å². The van der Waals surface area contributed by atoms with Crippen molar-refractivity contribution in [1.82, 2.24) is 10.2 Å². The number of nitrogens with one attached hydrogen (secondary N) is 1. The first-order chi connectivity index (χ1) is 19.9. The normalized spacial score (nSPS) is 11.8. The molecule has 0 aliphatic rings. The number of carbonyl (C=O) groups excluding carboxylic acids is 2. The van der Waals surface area contributed by atoms with Gasteiger partial charge in [0.1, 0.15) is 24.0 Å². The second-order valence-electron chi connectivity index (χ2n) is 9.53. The van der Waals surface area contributed by atoms with Crippen LogP contribution in [0.1, 0.15) is 24.5 Å². The van der Waals surface area contributed by atoms with Crippen molar-refractivity contribution in [3.63, 3.8) is 0 Å². The van der Waals surface area contributed by atoms with Crippen molar-refractivity contribution < 1.29 is 27.7 Å². The van der Waals surface area contributed by atoms with Crippen molar-refractivity contribution in [3.8, 4) is 5.75 Å². The van der Waals surface area contributed by atoms with Gasteiger partial charge in [-0.25, -0.2) is 8.42 Å². The van der Waals surface area contributed by atoms with Crippen molar-refractivity contribution in [1.29, 1.82) is 0 Å². The molecular weight excluding hydrogens is 584 g/mol. The van der Waals surface area contributed by atoms with Gasteiger partial charge in [-0.1, -0.05) is 61.0 Å². The van der Waals surface area contributed by atoms with Crippen LogP contribution in [0.3, 0.4) is 0 Å². The van der Waals surface area contributed by atoms with Crippen molar-refractivity contribution >= 4 is 44.8 Å². The summed E-state index contributed by atoms with van der Waals surface area (Å²) >= 11 is 6.06. The highest BCUT2D eigenvalue weighted by Gasteiger charge is 2.34. The lowest BCUT2D eigenvalue weighted by Gasteiger charge is -2.33. The van der Waals surface area contributed by atoms with E-state index in [2.05, 4.69) is 5.32 Å². The maximum atomic E-state index is 14.1. The molecule has 0 bridgehead atoms. The molecular formula is C29H33ClN4O7S. The molecule has 0 fully saturated rings. The van der Waals surface area contributed by atoms with Crippen LogP contribution in [0.5, 0.6) is 5.75 Å². The zero-order valence-electron chi connectivity index (χ0n) is 23.5. The van der Waals surface area contributed by atoms with Crippen LogP contribution in [0.15, 0.2) is 72.8 Å². The highest BCUT2D eigenvalue weighted by Crippen LogP contribution is 2.34. The first-order valence-electron chi connectivity index (χ1n) is 13.1. The summed E-state index contributed by atoms with van der Waals surface area (Å²) in [5, 5.41) is 14.8. The first-order valence-corrected chi connectivity index (χ1v) is 15.3. The molecule has 0 aliphatic heterocycles. The van der Waals surface area contributed by atoms with Gasteiger partial charge in [-0.15, -0.1) is 0 Å². The third-order valence-electron chi connectivity index (χ3n) is 6.41. The first kappa shape index (κ1) is 32.4. The Morgan fingerprint density at radius 1 is 1.05 bits per heavy atom. The molecule has 1 N–H and O–H groups in total. The standard InChI is InChI=1S/C29H33ClN4O7S/c1-4-16-31-29(36)26(17-21-8-6-5-7-9-21)32(19-22-10-12-23(30)13-11-22)28(35)20-33(42(3,39)40)25-18-24(34(37)38)14-15-27(25)41-2/h5-15,18,26H,4,16-17,19-20H2,1-3H3,(H,31,36)/t26-/m1/s1. The quantitative estimate of drug-likeness (QED) is 0.212. The number of amides is 2. The van der Waals surface area contributed by atoms with Gasteiger partial charge in [0.2, 0.25) is 21.8 Å². The number of methoxy groups -OCH3 is 1. The number of rotatable bonds is 14. The summed E-state index contributed by atoms with van der Waals surface area (Å²) in [5.41, 5.74) is 0.895. The van der Waals surface area contributed by atoms with Crippen molar-refractivity contribution in [3.05, 3.63) is 99.1 Å². The highest BCUT2D eigenvalue weighted by molar-refractivity contribution is 7.92. The van der Waals surface area contributed by atoms with Gasteiger partial charge in [-0.2, -0.15) is 0 Å². The summed E-state index contributed by atoms with van der Waals surface area (Å²) < 4.78 is 32.0. The van der Waals surface area contributed by atoms with Crippen LogP contribution in [0.2, 0.25) is 5.02 Å². The number of nitro benzene ring substituents is 1. The number of carbonyl (C=O) groups is 2. The molecule has 0 spiro atoms. The van der Waals surface area contributed by atoms with Gasteiger partial charge in [0, 0.05) is 36.7 Å². The van der Waals surface area contributed by atoms with Crippen LogP contribution in [0, 0.1) is 10.1 Å². The van der Waals surface area contributed by atoms with Gasteiger partial charge in [0.15, 0.2) is 0 Å². The Balaban J connectivity index is 2.11. The average Bonchev–Trinajstić information content (AvgIpc) is 2.96. The van der Waals surface area contributed by atoms with Gasteiger partial charge >= 0.3 is 0 Å². The minimum Gasteiger partial charge on any atom is -0.495 e. The molecule has 0 saturated carbocycles. The number of nitrogens with zero attached hydrogens (tertiary/aromatic N) is 3. The maximum absolute atomic E-state index is 14.1. The van der Waals surface area contributed by atoms with Crippen LogP contribution < -0.4 is 14.4 Å². The van der Waals surface area contributed by atoms with E-state index in [0.717, 1.165) is 22.2 Å². The molecule has 0 heterocycles. The lowest BCUT2D eigenvalue weighted by molar-refractivity contribution is -0.384. The van der Waals surface area contributed by atoms with E-state index in [0.29, 0.717) is 23.6 Å². The number of halogens is 1. The maximum Gasteiger partial charge on any atom is 0.271 e. The Labute approximate surface area is 250 Å². The van der Waals surface area contributed by atoms with Crippen LogP contribution in [-0.4, -0.2) is 62.6 Å². The third kappa shape index (κ3) is 8.67. The summed E-state index contributed by atoms with van der Waals surface area (Å²) in [6, 6.07) is 18.3. The Hall–Kier alpha value is -4.16. The smallest absolute Gasteiger partial charge is 0.271 e. The van der Waals surface area contributed by atoms with E-state index >= 15 is 0 Å². The van der Waals surface area contributed by atoms with E-state index in [9.17, 15) is 28.1 Å². The number of ether oxygens (including phenoxy) is 1. The van der Waals surface area contributed by atoms with Crippen molar-refractivity contribution in [2.45, 2.75) is 32.4 Å². The van der Waals surface area contributed by atoms with E-state index < -0.39 is 39.3 Å². The number of non-ortho nitro benzene ring substituents is 1. The lowest BCUT2D eigenvalue weighted by Crippen LogP contribution is -2.53. The monoisotopic (exact) mass is 616 g/mol. The Bertz CT molecular complexity index is 1500. The van der Waals surface area contributed by atoms with Gasteiger partial charge in [-0.05, 0) is 35.7 Å². The molecule has 42 heavy (non-hydrogen) atoms. The van der Waals surface area contributed by atoms with Crippen LogP contribution in [-0.2, 0) is 32.6 Å². The Morgan fingerprint density at radius 3 is 2.29 bits per heavy atom. The van der Waals surface area contributed by atoms with Crippen LogP contribution in [0.25, 0.3) is 0 Å². The summed E-state index contributed by atoms with van der Waals surface area (Å²) in [6.45, 7) is 1.51. The Kier molecular flexibility index (Phi) is 11.3. The summed E-state index contributed by atoms with van der Waals surface area (Å²) in [4.78, 5) is 39.8. The van der Waals surface area contributed by atoms with Crippen molar-refractivity contribution in [2.24, 2.45) is 0 Å². The summed E-state index contributed by atoms with van der Waals surface area (Å²) in [7, 11) is -2.87. The second-order valence-corrected chi connectivity index (χ2v) is 11.9. The molecule has 11 nitrogen and oxygen atoms in total. The molecule has 0 radical (unpaired) electrons. The molecule has 13 heteroatoms. The minimum absolute atomic E-state index is 0.0181. The molecule has 3 aromatic rings. The number of nitro groups is 1. The molecule has 1 atom stereocenters. The zero-order chi connectivity index (χ0) is 30.9. The molecule has 3 rings (SSSR count). The number of hydrogen-bond acceptors (Lipinski definition) is 7. The topological polar surface area (TPSA) is 139 Å². The molecule has 3 aromatic carbocycles. The average molecular weight is 617 g/mol. The largest absolute Gasteiger partial charge is 0.495 e. The van der Waals surface area contributed by atoms with E-state index in [-0.39, 0.29) is 30.1 Å². The van der Waals surface area contributed by atoms with Gasteiger partial charge in [0.05, 0.1) is 18.3 Å². The predicted octanol–water partition coefficient (Wildman–Crippen LogP) is 4.19. The molecule has 0 saturated heterocycles. The van der Waals surface area contributed by atoms with Gasteiger partial charge in [-0.3, -0.25) is 24.0 Å². The summed E-state index contributed by atoms with van der Waals surface area (Å²) in [6.07, 6.45) is 1.72. The van der Waals surface area contributed by atoms with E-state index in [1.165, 1.54) is 24.1 Å². The minimum atomic E-state index is -4.15. The fourth-order valence-corrected chi connectivity index (χ4v) is 5.26. The van der Waals surface area contributed by atoms with E-state index in [1.807, 2.05) is 37.3 Å². The Morgan fingerprint density at radius 2 is 1.71 bits per heavy atom. The van der Waals surface area contributed by atoms with E-state index in [4.69, 9.17) is 16.3 Å². The zero-order valence-corrected chi connectivity index (χ0v) is 25.1. The third-order valence-corrected chi connectivity index (χ3v) is 7.79. The lowest BCUT2D eigenvalue weighted by atomic mass is 10.0. The SMILES string of the molecule is CCCNC(=O)[C@@H](Cc1ccccc1)N(Cc1ccc(Cl)cc1)C(=O)CN(c1cc([N+](=O)[O-])ccc1OC)S(C)(=O)=O. The van der Waals surface area contributed by atoms with Crippen molar-refractivity contribution in [2.75, 3.05) is 30.8 Å². The van der Waals surface area contributed by atoms with Gasteiger partial charge in [0.25, 0.3) is 5.69 Å². The fourth-order valence-electron chi connectivity index (χ4n) is 4.29. The second kappa shape index (κ2) is 14.6. The summed E-state index contributed by atoms with van der Waals surface area (Å²) in [5.74, 6) is -1.08. The fraction of sp³-hybridized carbons (Fsp3) is 0.310. The number of sulfonamides is 1. The van der Waals surface area contributed by atoms with E-state index in [1.54, 1.807) is 24.3 Å². The molecule has 0 unspecified atom stereocenters. The molecule has 0 aliphatic carbocycles. The molecule has 0 aromatic heterocycles. The number of hydrogen-bond donors (Lipinski definition) is 1. The highest BCUT2D eigenvalue weighted by atomic mass is 35.5. The van der Waals surface area contributed by atoms with Gasteiger partial charge < -0.3 is 15.0 Å². The molecule has 224 valence electrons.